The molecule has 2 unspecified atom stereocenters. The Hall–Kier alpha value is -1.56. The normalized spacial score (nSPS) is 13.8. The highest BCUT2D eigenvalue weighted by Gasteiger charge is 2.25. The molecule has 0 spiro atoms. The molecule has 0 aliphatic carbocycles. The minimum atomic E-state index is -1.77. The van der Waals surface area contributed by atoms with Gasteiger partial charge in [0.1, 0.15) is 11.1 Å². The predicted octanol–water partition coefficient (Wildman–Crippen LogP) is 1.93. The molecule has 0 fully saturated rings. The van der Waals surface area contributed by atoms with E-state index in [2.05, 4.69) is 0 Å². The van der Waals surface area contributed by atoms with Gasteiger partial charge >= 0.3 is 5.97 Å². The number of benzene rings is 1. The van der Waals surface area contributed by atoms with E-state index in [0.29, 0.717) is 5.56 Å². The molecule has 1 aromatic carbocycles. The van der Waals surface area contributed by atoms with Crippen LogP contribution in [0.1, 0.15) is 29.3 Å². The molecule has 1 aromatic rings. The second-order valence-corrected chi connectivity index (χ2v) is 5.77. The summed E-state index contributed by atoms with van der Waals surface area (Å²) in [5.41, 5.74) is 0.564. The molecule has 0 aliphatic heterocycles. The Morgan fingerprint density at radius 3 is 2.53 bits per heavy atom. The zero-order valence-electron chi connectivity index (χ0n) is 10.7. The second kappa shape index (κ2) is 6.56. The molecule has 0 saturated carbocycles. The minimum absolute atomic E-state index is 0.192. The molecule has 104 valence electrons. The molecule has 4 nitrogen and oxygen atoms in total. The summed E-state index contributed by atoms with van der Waals surface area (Å²) in [6, 6.07) is 3.85. The average Bonchev–Trinajstić information content (AvgIpc) is 2.32. The average molecular weight is 286 g/mol. The van der Waals surface area contributed by atoms with E-state index in [-0.39, 0.29) is 17.7 Å². The summed E-state index contributed by atoms with van der Waals surface area (Å²) in [4.78, 5) is 22.7. The van der Waals surface area contributed by atoms with Gasteiger partial charge in [0, 0.05) is 16.4 Å². The Labute approximate surface area is 113 Å². The molecular weight excluding hydrogens is 271 g/mol. The standard InChI is InChI=1S/C13H15FO4S/c1-3-12(13(16)17)19(18)7-11(15)9-4-5-10(14)8(2)6-9/h4-6,12H,3,7H2,1-2H3,(H,16,17). The van der Waals surface area contributed by atoms with Crippen molar-refractivity contribution in [1.29, 1.82) is 0 Å². The van der Waals surface area contributed by atoms with E-state index < -0.39 is 33.6 Å². The summed E-state index contributed by atoms with van der Waals surface area (Å²) in [6.45, 7) is 3.12. The molecule has 0 amide bonds. The zero-order valence-corrected chi connectivity index (χ0v) is 11.5. The number of carboxylic acids is 1. The first kappa shape index (κ1) is 15.5. The number of carbonyl (C=O) groups is 2. The van der Waals surface area contributed by atoms with Crippen LogP contribution in [-0.4, -0.2) is 32.1 Å². The van der Waals surface area contributed by atoms with Gasteiger partial charge < -0.3 is 5.11 Å². The number of carbonyl (C=O) groups excluding carboxylic acids is 1. The van der Waals surface area contributed by atoms with Crippen molar-refractivity contribution in [3.05, 3.63) is 35.1 Å². The van der Waals surface area contributed by atoms with Gasteiger partial charge in [0.15, 0.2) is 5.78 Å². The summed E-state index contributed by atoms with van der Waals surface area (Å²) in [7, 11) is -1.77. The first-order chi connectivity index (χ1) is 8.86. The molecule has 19 heavy (non-hydrogen) atoms. The number of rotatable bonds is 6. The minimum Gasteiger partial charge on any atom is -0.480 e. The largest absolute Gasteiger partial charge is 0.480 e. The number of halogens is 1. The van der Waals surface area contributed by atoms with Crippen LogP contribution in [-0.2, 0) is 15.6 Å². The maximum atomic E-state index is 13.1. The molecule has 0 aliphatic rings. The summed E-state index contributed by atoms with van der Waals surface area (Å²) in [6.07, 6.45) is 0.192. The first-order valence-corrected chi connectivity index (χ1v) is 7.14. The molecule has 0 heterocycles. The fourth-order valence-corrected chi connectivity index (χ4v) is 2.83. The topological polar surface area (TPSA) is 71.4 Å². The van der Waals surface area contributed by atoms with Crippen molar-refractivity contribution in [1.82, 2.24) is 0 Å². The molecular formula is C13H15FO4S. The van der Waals surface area contributed by atoms with E-state index in [1.807, 2.05) is 0 Å². The Balaban J connectivity index is 2.82. The van der Waals surface area contributed by atoms with E-state index in [0.717, 1.165) is 0 Å². The van der Waals surface area contributed by atoms with Crippen LogP contribution >= 0.6 is 0 Å². The molecule has 6 heteroatoms. The lowest BCUT2D eigenvalue weighted by molar-refractivity contribution is -0.136. The number of hydrogen-bond donors (Lipinski definition) is 1. The molecule has 0 radical (unpaired) electrons. The Morgan fingerprint density at radius 1 is 1.42 bits per heavy atom. The van der Waals surface area contributed by atoms with Crippen molar-refractivity contribution in [2.45, 2.75) is 25.5 Å². The van der Waals surface area contributed by atoms with Crippen molar-refractivity contribution in [2.24, 2.45) is 0 Å². The van der Waals surface area contributed by atoms with Gasteiger partial charge in [-0.15, -0.1) is 0 Å². The van der Waals surface area contributed by atoms with Gasteiger partial charge in [-0.3, -0.25) is 13.8 Å². The van der Waals surface area contributed by atoms with Crippen LogP contribution in [0.5, 0.6) is 0 Å². The molecule has 1 N–H and O–H groups in total. The van der Waals surface area contributed by atoms with Crippen LogP contribution in [0.15, 0.2) is 18.2 Å². The van der Waals surface area contributed by atoms with Crippen LogP contribution in [0.3, 0.4) is 0 Å². The highest BCUT2D eigenvalue weighted by Crippen LogP contribution is 2.12. The number of aliphatic carboxylic acids is 1. The molecule has 0 bridgehead atoms. The van der Waals surface area contributed by atoms with Crippen LogP contribution < -0.4 is 0 Å². The first-order valence-electron chi connectivity index (χ1n) is 5.76. The third-order valence-electron chi connectivity index (χ3n) is 2.72. The molecule has 0 aromatic heterocycles. The van der Waals surface area contributed by atoms with Crippen molar-refractivity contribution in [3.8, 4) is 0 Å². The van der Waals surface area contributed by atoms with Gasteiger partial charge in [-0.2, -0.15) is 0 Å². The van der Waals surface area contributed by atoms with E-state index in [1.165, 1.54) is 25.1 Å². The SMILES string of the molecule is CCC(C(=O)O)S(=O)CC(=O)c1ccc(F)c(C)c1. The van der Waals surface area contributed by atoms with Crippen LogP contribution in [0.4, 0.5) is 4.39 Å². The summed E-state index contributed by atoms with van der Waals surface area (Å²) >= 11 is 0. The monoisotopic (exact) mass is 286 g/mol. The van der Waals surface area contributed by atoms with Crippen LogP contribution in [0.2, 0.25) is 0 Å². The highest BCUT2D eigenvalue weighted by molar-refractivity contribution is 7.87. The van der Waals surface area contributed by atoms with Crippen LogP contribution in [0.25, 0.3) is 0 Å². The van der Waals surface area contributed by atoms with Gasteiger partial charge in [0.25, 0.3) is 0 Å². The third-order valence-corrected chi connectivity index (χ3v) is 4.43. The van der Waals surface area contributed by atoms with Crippen molar-refractivity contribution < 1.29 is 23.3 Å². The number of aryl methyl sites for hydroxylation is 1. The quantitative estimate of drug-likeness (QED) is 0.811. The van der Waals surface area contributed by atoms with Gasteiger partial charge in [-0.05, 0) is 37.1 Å². The van der Waals surface area contributed by atoms with Gasteiger partial charge in [0.2, 0.25) is 0 Å². The maximum absolute atomic E-state index is 13.1. The Bertz CT molecular complexity index is 527. The lowest BCUT2D eigenvalue weighted by atomic mass is 10.1. The van der Waals surface area contributed by atoms with E-state index in [1.54, 1.807) is 6.92 Å². The fraction of sp³-hybridized carbons (Fsp3) is 0.385. The van der Waals surface area contributed by atoms with Gasteiger partial charge in [-0.1, -0.05) is 6.92 Å². The van der Waals surface area contributed by atoms with E-state index >= 15 is 0 Å². The third kappa shape index (κ3) is 3.96. The number of hydrogen-bond acceptors (Lipinski definition) is 3. The van der Waals surface area contributed by atoms with Crippen molar-refractivity contribution in [3.63, 3.8) is 0 Å². The van der Waals surface area contributed by atoms with E-state index in [9.17, 15) is 18.2 Å². The second-order valence-electron chi connectivity index (χ2n) is 4.15. The van der Waals surface area contributed by atoms with Gasteiger partial charge in [-0.25, -0.2) is 4.39 Å². The summed E-state index contributed by atoms with van der Waals surface area (Å²) < 4.78 is 24.9. The summed E-state index contributed by atoms with van der Waals surface area (Å²) in [5.74, 6) is -2.41. The smallest absolute Gasteiger partial charge is 0.319 e. The maximum Gasteiger partial charge on any atom is 0.319 e. The molecule has 2 atom stereocenters. The van der Waals surface area contributed by atoms with Crippen molar-refractivity contribution in [2.75, 3.05) is 5.75 Å². The molecule has 1 rings (SSSR count). The predicted molar refractivity (Wildman–Crippen MR) is 70.2 cm³/mol. The fourth-order valence-electron chi connectivity index (χ4n) is 1.60. The number of ketones is 1. The number of Topliss-reactive ketones (excluding diaryl/α,β-unsaturated/α-hetero) is 1. The molecule has 0 saturated heterocycles. The highest BCUT2D eigenvalue weighted by atomic mass is 32.2. The lowest BCUT2D eigenvalue weighted by Gasteiger charge is -2.09. The Morgan fingerprint density at radius 2 is 2.05 bits per heavy atom. The van der Waals surface area contributed by atoms with Crippen LogP contribution in [0, 0.1) is 12.7 Å². The van der Waals surface area contributed by atoms with E-state index in [4.69, 9.17) is 5.11 Å². The summed E-state index contributed by atoms with van der Waals surface area (Å²) in [5, 5.41) is 7.80. The van der Waals surface area contributed by atoms with Crippen molar-refractivity contribution >= 4 is 22.6 Å². The number of carboxylic acid groups (broad SMARTS) is 1. The van der Waals surface area contributed by atoms with Gasteiger partial charge in [0.05, 0.1) is 5.75 Å². The zero-order chi connectivity index (χ0) is 14.6. The Kier molecular flexibility index (Phi) is 5.35. The lowest BCUT2D eigenvalue weighted by Crippen LogP contribution is -2.29.